The number of ketones is 1. The lowest BCUT2D eigenvalue weighted by Gasteiger charge is -2.67. The second kappa shape index (κ2) is 18.4. The van der Waals surface area contributed by atoms with E-state index in [1.807, 2.05) is 0 Å². The number of aliphatic hydroxyl groups is 3. The van der Waals surface area contributed by atoms with Crippen LogP contribution in [0.15, 0.2) is 96.1 Å². The molecule has 0 radical (unpaired) electrons. The first-order valence-electron chi connectivity index (χ1n) is 21.9. The third-order valence-electron chi connectivity index (χ3n) is 14.2. The molecule has 3 aliphatic carbocycles. The van der Waals surface area contributed by atoms with E-state index >= 15 is 4.79 Å². The number of hydrogen-bond donors (Lipinski definition) is 4. The third-order valence-corrected chi connectivity index (χ3v) is 14.2. The number of halogens is 3. The van der Waals surface area contributed by atoms with Gasteiger partial charge in [-0.2, -0.15) is 18.0 Å². The summed E-state index contributed by atoms with van der Waals surface area (Å²) in [5, 5.41) is 40.1. The predicted octanol–water partition coefficient (Wildman–Crippen LogP) is 4.32. The van der Waals surface area contributed by atoms with Crippen molar-refractivity contribution in [2.45, 2.75) is 114 Å². The summed E-state index contributed by atoms with van der Waals surface area (Å²) < 4.78 is 70.3. The number of rotatable bonds is 11. The van der Waals surface area contributed by atoms with E-state index in [9.17, 15) is 52.5 Å². The van der Waals surface area contributed by atoms with Crippen LogP contribution in [0.4, 0.5) is 13.2 Å². The molecule has 0 unspecified atom stereocenters. The molecule has 1 heterocycles. The molecule has 1 saturated heterocycles. The predicted molar refractivity (Wildman–Crippen MR) is 231 cm³/mol. The Hall–Kier alpha value is -6.57. The number of hydrogen-bond acceptors (Lipinski definition) is 14. The normalized spacial score (nSPS) is 29.9. The van der Waals surface area contributed by atoms with Crippen LogP contribution in [0.2, 0.25) is 0 Å². The van der Waals surface area contributed by atoms with Crippen molar-refractivity contribution in [3.63, 3.8) is 0 Å². The number of Topliss-reactive ketones (excluding diaryl/α,β-unsaturated/α-hetero) is 1. The first-order valence-corrected chi connectivity index (χ1v) is 21.9. The Bertz CT molecular complexity index is 2640. The van der Waals surface area contributed by atoms with Crippen LogP contribution in [-0.4, -0.2) is 122 Å². The number of esters is 4. The molecule has 3 aromatic carbocycles. The Morgan fingerprint density at radius 3 is 2.00 bits per heavy atom. The molecular formula is C49H50F3N3O14. The van der Waals surface area contributed by atoms with E-state index in [0.29, 0.717) is 0 Å². The fourth-order valence-electron chi connectivity index (χ4n) is 10.7. The number of fused-ring (bicyclic) bond motifs is 5. The average Bonchev–Trinajstić information content (AvgIpc) is 3.29. The van der Waals surface area contributed by atoms with E-state index in [0.717, 1.165) is 38.1 Å². The van der Waals surface area contributed by atoms with Crippen molar-refractivity contribution in [1.82, 2.24) is 5.32 Å². The van der Waals surface area contributed by atoms with Crippen LogP contribution in [0.1, 0.15) is 92.3 Å². The summed E-state index contributed by atoms with van der Waals surface area (Å²) >= 11 is 0. The molecule has 11 atom stereocenters. The summed E-state index contributed by atoms with van der Waals surface area (Å²) in [5.41, 5.74) is -1.50. The summed E-state index contributed by atoms with van der Waals surface area (Å²) in [4.78, 5) is 86.3. The number of benzene rings is 3. The molecule has 1 aliphatic heterocycles. The van der Waals surface area contributed by atoms with Crippen molar-refractivity contribution in [1.29, 1.82) is 0 Å². The lowest BCUT2D eigenvalue weighted by Crippen LogP contribution is -2.82. The molecule has 4 N–H and O–H groups in total. The molecule has 3 fully saturated rings. The van der Waals surface area contributed by atoms with Crippen LogP contribution < -0.4 is 5.32 Å². The molecule has 0 aromatic heterocycles. The van der Waals surface area contributed by atoms with Crippen molar-refractivity contribution >= 4 is 41.3 Å². The van der Waals surface area contributed by atoms with Gasteiger partial charge in [-0.25, -0.2) is 9.59 Å². The highest BCUT2D eigenvalue weighted by atomic mass is 19.4. The van der Waals surface area contributed by atoms with Crippen LogP contribution in [0.25, 0.3) is 5.53 Å². The number of ether oxygens (including phenoxy) is 5. The number of alkyl halides is 3. The van der Waals surface area contributed by atoms with Crippen molar-refractivity contribution in [3.8, 4) is 0 Å². The Morgan fingerprint density at radius 1 is 0.870 bits per heavy atom. The maximum atomic E-state index is 15.5. The van der Waals surface area contributed by atoms with Gasteiger partial charge in [0.2, 0.25) is 0 Å². The van der Waals surface area contributed by atoms with Crippen LogP contribution in [-0.2, 0) is 42.9 Å². The monoisotopic (exact) mass is 961 g/mol. The molecule has 0 spiro atoms. The standard InChI is InChI=1S/C49H50F3N3O14/c1-24-31(67-44(63)36(59)35(27-13-9-7-10-14-27)54-42(61)29-19-17-28(18-20-29)39(55-53)49(50,51)52)22-48(64)41(68-43(62)30-15-11-8-12-16-30)38-46(6,32(58)21-33-47(38,23-65-33)69-26(3)57)40(60)37(66-25(2)56)34(24)45(48,4)5/h7-20,31-33,35-38,41,58-59,64H,21-23H2,1-6H3,(H,54,61)/t31-,32-,33+,35-,36+,37+,38-,41-,46+,47-,48+/m0/s1. The van der Waals surface area contributed by atoms with E-state index in [1.165, 1.54) is 64.1 Å². The van der Waals surface area contributed by atoms with Crippen molar-refractivity contribution in [3.05, 3.63) is 124 Å². The summed E-state index contributed by atoms with van der Waals surface area (Å²) in [7, 11) is 0. The summed E-state index contributed by atoms with van der Waals surface area (Å²) in [6, 6.07) is 17.4. The number of carbonyl (C=O) groups excluding carboxylic acids is 6. The highest BCUT2D eigenvalue weighted by Gasteiger charge is 2.78. The zero-order valence-corrected chi connectivity index (χ0v) is 38.2. The van der Waals surface area contributed by atoms with E-state index in [-0.39, 0.29) is 40.9 Å². The number of aliphatic hydroxyl groups excluding tert-OH is 2. The molecule has 17 nitrogen and oxygen atoms in total. The van der Waals surface area contributed by atoms with Gasteiger partial charge in [0.1, 0.15) is 23.9 Å². The first kappa shape index (κ1) is 50.3. The van der Waals surface area contributed by atoms with Gasteiger partial charge in [-0.05, 0) is 67.0 Å². The van der Waals surface area contributed by atoms with Crippen molar-refractivity contribution in [2.75, 3.05) is 6.61 Å². The summed E-state index contributed by atoms with van der Waals surface area (Å²) in [5.74, 6) is -7.72. The van der Waals surface area contributed by atoms with Gasteiger partial charge in [0.05, 0.1) is 41.2 Å². The molecule has 1 amide bonds. The van der Waals surface area contributed by atoms with Crippen LogP contribution in [0, 0.1) is 16.7 Å². The van der Waals surface area contributed by atoms with E-state index in [4.69, 9.17) is 29.2 Å². The molecule has 4 aliphatic rings. The second-order valence-electron chi connectivity index (χ2n) is 18.5. The number of carbonyl (C=O) groups is 6. The maximum Gasteiger partial charge on any atom is 0.495 e. The van der Waals surface area contributed by atoms with Gasteiger partial charge in [-0.1, -0.05) is 62.4 Å². The fourth-order valence-corrected chi connectivity index (χ4v) is 10.7. The average molecular weight is 962 g/mol. The van der Waals surface area contributed by atoms with Crippen LogP contribution >= 0.6 is 0 Å². The van der Waals surface area contributed by atoms with Gasteiger partial charge in [0, 0.05) is 37.7 Å². The van der Waals surface area contributed by atoms with Gasteiger partial charge in [-0.15, -0.1) is 0 Å². The number of nitrogens with one attached hydrogen (secondary N) is 1. The van der Waals surface area contributed by atoms with E-state index in [2.05, 4.69) is 10.1 Å². The topological polar surface area (TPSA) is 258 Å². The van der Waals surface area contributed by atoms with Gasteiger partial charge in [0.15, 0.2) is 23.6 Å². The molecule has 3 aromatic rings. The van der Waals surface area contributed by atoms with Crippen LogP contribution in [0.3, 0.4) is 0 Å². The lowest BCUT2D eigenvalue weighted by atomic mass is 9.44. The van der Waals surface area contributed by atoms with Gasteiger partial charge in [-0.3, -0.25) is 19.2 Å². The zero-order valence-electron chi connectivity index (χ0n) is 38.2. The smallest absolute Gasteiger partial charge is 0.456 e. The van der Waals surface area contributed by atoms with Gasteiger partial charge >= 0.3 is 35.8 Å². The number of nitrogens with zero attached hydrogens (tertiary/aromatic N) is 2. The van der Waals surface area contributed by atoms with Gasteiger partial charge < -0.3 is 49.9 Å². The largest absolute Gasteiger partial charge is 0.495 e. The van der Waals surface area contributed by atoms with Crippen molar-refractivity contribution < 1.29 is 85.7 Å². The molecule has 69 heavy (non-hydrogen) atoms. The fraction of sp³-hybridized carbons (Fsp3) is 0.449. The molecule has 7 rings (SSSR count). The molecular weight excluding hydrogens is 912 g/mol. The molecule has 20 heteroatoms. The minimum Gasteiger partial charge on any atom is -0.456 e. The highest BCUT2D eigenvalue weighted by Crippen LogP contribution is 2.64. The molecule has 2 bridgehead atoms. The lowest BCUT2D eigenvalue weighted by molar-refractivity contribution is -0.346. The first-order chi connectivity index (χ1) is 32.3. The Kier molecular flexibility index (Phi) is 13.4. The van der Waals surface area contributed by atoms with Crippen molar-refractivity contribution in [2.24, 2.45) is 16.7 Å². The zero-order chi connectivity index (χ0) is 50.6. The Balaban J connectivity index is 1.33. The Morgan fingerprint density at radius 2 is 1.46 bits per heavy atom. The summed E-state index contributed by atoms with van der Waals surface area (Å²) in [6.07, 6.45) is -16.4. The molecule has 366 valence electrons. The Labute approximate surface area is 393 Å². The molecule has 2 saturated carbocycles. The van der Waals surface area contributed by atoms with E-state index < -0.39 is 130 Å². The maximum absolute atomic E-state index is 15.5. The number of amides is 1. The quantitative estimate of drug-likeness (QED) is 0.0522. The van der Waals surface area contributed by atoms with Crippen LogP contribution in [0.5, 0.6) is 0 Å². The SMILES string of the molecule is CC(=O)O[C@H]1C(=O)[C@@]2(C)[C@H]([C@H](OC(=O)c3ccccc3)[C@]3(O)C[C@H](OC(=O)[C@H](O)[C@@H](NC(=O)c4ccc(C(=[N+]=[N-])C(F)(F)F)cc4)c4ccccc4)C(C)=C1C3(C)C)[C@]1(OC(C)=O)CO[C@@H]1C[C@@H]2O. The third kappa shape index (κ3) is 8.64. The second-order valence-corrected chi connectivity index (χ2v) is 18.5. The highest BCUT2D eigenvalue weighted by molar-refractivity contribution is 6.02. The van der Waals surface area contributed by atoms with Gasteiger partial charge in [0.25, 0.3) is 5.91 Å². The van der Waals surface area contributed by atoms with E-state index in [1.54, 1.807) is 24.3 Å². The minimum absolute atomic E-state index is 0.00921. The summed E-state index contributed by atoms with van der Waals surface area (Å²) in [6.45, 7) is 7.54. The minimum atomic E-state index is -5.03.